The zero-order valence-electron chi connectivity index (χ0n) is 19.1. The lowest BCUT2D eigenvalue weighted by Crippen LogP contribution is -2.49. The molecular formula is C26H36N4O2. The van der Waals surface area contributed by atoms with Crippen molar-refractivity contribution in [3.05, 3.63) is 71.8 Å². The van der Waals surface area contributed by atoms with E-state index in [0.29, 0.717) is 6.61 Å². The largest absolute Gasteiger partial charge is 0.445 e. The van der Waals surface area contributed by atoms with Gasteiger partial charge in [-0.1, -0.05) is 60.7 Å². The molecule has 4 rings (SSSR count). The number of ether oxygens (including phenoxy) is 1. The molecule has 2 fully saturated rings. The topological polar surface area (TPSA) is 39.3 Å². The van der Waals surface area contributed by atoms with Crippen LogP contribution in [0.3, 0.4) is 0 Å². The van der Waals surface area contributed by atoms with E-state index in [4.69, 9.17) is 4.74 Å². The van der Waals surface area contributed by atoms with Crippen molar-refractivity contribution in [2.75, 3.05) is 65.4 Å². The lowest BCUT2D eigenvalue weighted by atomic mass is 10.2. The Morgan fingerprint density at radius 1 is 0.656 bits per heavy atom. The van der Waals surface area contributed by atoms with Gasteiger partial charge in [0.25, 0.3) is 0 Å². The Morgan fingerprint density at radius 3 is 1.78 bits per heavy atom. The van der Waals surface area contributed by atoms with Gasteiger partial charge < -0.3 is 19.4 Å². The Morgan fingerprint density at radius 2 is 1.19 bits per heavy atom. The molecule has 2 aromatic carbocycles. The van der Waals surface area contributed by atoms with Crippen molar-refractivity contribution in [2.45, 2.75) is 19.6 Å². The van der Waals surface area contributed by atoms with Gasteiger partial charge in [0, 0.05) is 58.9 Å². The van der Waals surface area contributed by atoms with E-state index in [1.807, 2.05) is 35.2 Å². The predicted octanol–water partition coefficient (Wildman–Crippen LogP) is 3.15. The molecule has 0 spiro atoms. The van der Waals surface area contributed by atoms with E-state index < -0.39 is 0 Å². The monoisotopic (exact) mass is 436 g/mol. The molecule has 0 radical (unpaired) electrons. The molecule has 2 atom stereocenters. The first-order chi connectivity index (χ1) is 15.8. The van der Waals surface area contributed by atoms with E-state index in [9.17, 15) is 4.79 Å². The number of amides is 1. The van der Waals surface area contributed by atoms with Crippen molar-refractivity contribution in [1.82, 2.24) is 19.6 Å². The van der Waals surface area contributed by atoms with Gasteiger partial charge in [0.2, 0.25) is 0 Å². The van der Waals surface area contributed by atoms with Gasteiger partial charge >= 0.3 is 6.09 Å². The Labute approximate surface area is 192 Å². The van der Waals surface area contributed by atoms with Gasteiger partial charge in [-0.15, -0.1) is 0 Å². The number of fused-ring (bicyclic) bond motifs is 4. The van der Waals surface area contributed by atoms with Crippen LogP contribution in [0, 0.1) is 0 Å². The van der Waals surface area contributed by atoms with Gasteiger partial charge in [0.15, 0.2) is 0 Å². The highest BCUT2D eigenvalue weighted by atomic mass is 16.6. The fourth-order valence-electron chi connectivity index (χ4n) is 4.50. The number of carbonyl (C=O) groups excluding carboxylic acids is 1. The van der Waals surface area contributed by atoms with Crippen LogP contribution >= 0.6 is 0 Å². The lowest BCUT2D eigenvalue weighted by Gasteiger charge is -2.36. The first kappa shape index (κ1) is 22.8. The standard InChI is InChI=1S/C26H36N4O2/c31-26(32-23-25-10-5-2-6-11-25)30-20-18-27-12-7-13-28(19-21-30)15-17-29(16-14-27)22-24-8-3-1-4-9-24/h1-6,8-11H,7,12-23H2. The van der Waals surface area contributed by atoms with Crippen LogP contribution in [0.15, 0.2) is 60.7 Å². The third-order valence-corrected chi connectivity index (χ3v) is 6.50. The second-order valence-corrected chi connectivity index (χ2v) is 8.83. The molecule has 2 aliphatic rings. The summed E-state index contributed by atoms with van der Waals surface area (Å²) in [4.78, 5) is 22.3. The van der Waals surface area contributed by atoms with E-state index in [-0.39, 0.29) is 6.09 Å². The van der Waals surface area contributed by atoms with Crippen molar-refractivity contribution >= 4 is 6.09 Å². The fourth-order valence-corrected chi connectivity index (χ4v) is 4.50. The highest BCUT2D eigenvalue weighted by Gasteiger charge is 2.22. The molecule has 0 N–H and O–H groups in total. The summed E-state index contributed by atoms with van der Waals surface area (Å²) in [5.41, 5.74) is 2.40. The predicted molar refractivity (Wildman–Crippen MR) is 127 cm³/mol. The minimum absolute atomic E-state index is 0.197. The average molecular weight is 437 g/mol. The molecule has 32 heavy (non-hydrogen) atoms. The maximum Gasteiger partial charge on any atom is 0.410 e. The molecule has 0 saturated carbocycles. The maximum atomic E-state index is 12.8. The molecular weight excluding hydrogens is 400 g/mol. The smallest absolute Gasteiger partial charge is 0.410 e. The Bertz CT molecular complexity index is 797. The van der Waals surface area contributed by atoms with Gasteiger partial charge in [0.1, 0.15) is 6.61 Å². The van der Waals surface area contributed by atoms with Crippen LogP contribution in [-0.4, -0.2) is 91.1 Å². The Hall–Kier alpha value is -2.41. The minimum atomic E-state index is -0.197. The summed E-state index contributed by atoms with van der Waals surface area (Å²) in [6.07, 6.45) is 0.994. The minimum Gasteiger partial charge on any atom is -0.445 e. The number of carbonyl (C=O) groups is 1. The number of rotatable bonds is 4. The van der Waals surface area contributed by atoms with Crippen LogP contribution in [0.1, 0.15) is 17.5 Å². The molecule has 2 bridgehead atoms. The first-order valence-corrected chi connectivity index (χ1v) is 11.9. The molecule has 0 aliphatic carbocycles. The van der Waals surface area contributed by atoms with Crippen molar-refractivity contribution in [1.29, 1.82) is 0 Å². The third kappa shape index (κ3) is 7.05. The number of nitrogens with zero attached hydrogens (tertiary/aromatic N) is 4. The zero-order valence-corrected chi connectivity index (χ0v) is 19.1. The maximum absolute atomic E-state index is 12.8. The molecule has 6 heteroatoms. The Kier molecular flexibility index (Phi) is 8.54. The summed E-state index contributed by atoms with van der Waals surface area (Å²) in [5, 5.41) is 0. The average Bonchev–Trinajstić information content (AvgIpc) is 2.84. The van der Waals surface area contributed by atoms with E-state index in [2.05, 4.69) is 45.0 Å². The molecule has 2 heterocycles. The third-order valence-electron chi connectivity index (χ3n) is 6.50. The molecule has 6 nitrogen and oxygen atoms in total. The van der Waals surface area contributed by atoms with Crippen LogP contribution in [-0.2, 0) is 17.9 Å². The summed E-state index contributed by atoms with van der Waals surface area (Å²) >= 11 is 0. The quantitative estimate of drug-likeness (QED) is 0.736. The van der Waals surface area contributed by atoms with Gasteiger partial charge in [-0.05, 0) is 30.6 Å². The van der Waals surface area contributed by atoms with E-state index in [1.165, 1.54) is 12.0 Å². The van der Waals surface area contributed by atoms with E-state index in [1.54, 1.807) is 0 Å². The number of benzene rings is 2. The molecule has 172 valence electrons. The summed E-state index contributed by atoms with van der Waals surface area (Å²) in [5.74, 6) is 0. The zero-order chi connectivity index (χ0) is 22.0. The van der Waals surface area contributed by atoms with Crippen LogP contribution in [0.25, 0.3) is 0 Å². The summed E-state index contributed by atoms with van der Waals surface area (Å²) in [6.45, 7) is 10.9. The van der Waals surface area contributed by atoms with Crippen molar-refractivity contribution in [3.8, 4) is 0 Å². The second kappa shape index (κ2) is 12.0. The van der Waals surface area contributed by atoms with E-state index in [0.717, 1.165) is 77.6 Å². The number of hydrogen-bond acceptors (Lipinski definition) is 5. The van der Waals surface area contributed by atoms with Gasteiger partial charge in [-0.3, -0.25) is 4.90 Å². The van der Waals surface area contributed by atoms with Gasteiger partial charge in [-0.25, -0.2) is 4.79 Å². The molecule has 2 aliphatic heterocycles. The fraction of sp³-hybridized carbons (Fsp3) is 0.500. The summed E-state index contributed by atoms with van der Waals surface area (Å²) in [7, 11) is 0. The van der Waals surface area contributed by atoms with Crippen LogP contribution in [0.2, 0.25) is 0 Å². The molecule has 2 saturated heterocycles. The van der Waals surface area contributed by atoms with Crippen molar-refractivity contribution < 1.29 is 9.53 Å². The normalized spacial score (nSPS) is 23.1. The first-order valence-electron chi connectivity index (χ1n) is 11.9. The second-order valence-electron chi connectivity index (χ2n) is 8.83. The van der Waals surface area contributed by atoms with Crippen molar-refractivity contribution in [2.24, 2.45) is 0 Å². The number of hydrogen-bond donors (Lipinski definition) is 0. The van der Waals surface area contributed by atoms with Crippen LogP contribution in [0.5, 0.6) is 0 Å². The highest BCUT2D eigenvalue weighted by molar-refractivity contribution is 5.67. The molecule has 2 aromatic rings. The Balaban J connectivity index is 1.36. The molecule has 1 amide bonds. The van der Waals surface area contributed by atoms with Crippen molar-refractivity contribution in [3.63, 3.8) is 0 Å². The SMILES string of the molecule is O=C(OCc1ccccc1)N1CCN2CCCN(CCN(Cc3ccccc3)CC2)CC1. The highest BCUT2D eigenvalue weighted by Crippen LogP contribution is 2.10. The summed E-state index contributed by atoms with van der Waals surface area (Å²) in [6, 6.07) is 20.7. The van der Waals surface area contributed by atoms with Crippen LogP contribution < -0.4 is 0 Å². The van der Waals surface area contributed by atoms with E-state index >= 15 is 0 Å². The summed E-state index contributed by atoms with van der Waals surface area (Å²) < 4.78 is 5.64. The molecule has 2 unspecified atom stereocenters. The van der Waals surface area contributed by atoms with Crippen LogP contribution in [0.4, 0.5) is 4.79 Å². The van der Waals surface area contributed by atoms with Gasteiger partial charge in [-0.2, -0.15) is 0 Å². The van der Waals surface area contributed by atoms with Gasteiger partial charge in [0.05, 0.1) is 0 Å². The molecule has 0 aromatic heterocycles. The lowest BCUT2D eigenvalue weighted by molar-refractivity contribution is 0.0738.